The zero-order valence-electron chi connectivity index (χ0n) is 13.3. The first-order valence-electron chi connectivity index (χ1n) is 8.22. The standard InChI is InChI=1S/C16H22ClN5O/c1-2-3-8-18-15(23)12-6-4-9-21(11-12)16-20-19-14-13(17)7-5-10-22(14)16/h5,7,10,12H,2-4,6,8-9,11H2,1H3,(H,18,23)/t12-/m1/s1. The van der Waals surface area contributed by atoms with E-state index < -0.39 is 0 Å². The van der Waals surface area contributed by atoms with Gasteiger partial charge < -0.3 is 10.2 Å². The van der Waals surface area contributed by atoms with Crippen LogP contribution in [-0.4, -0.2) is 40.1 Å². The Balaban J connectivity index is 1.73. The molecule has 2 aromatic heterocycles. The molecule has 0 unspecified atom stereocenters. The van der Waals surface area contributed by atoms with E-state index in [0.717, 1.165) is 44.7 Å². The van der Waals surface area contributed by atoms with Gasteiger partial charge in [-0.15, -0.1) is 10.2 Å². The summed E-state index contributed by atoms with van der Waals surface area (Å²) >= 11 is 6.15. The monoisotopic (exact) mass is 335 g/mol. The van der Waals surface area contributed by atoms with Crippen LogP contribution in [0.4, 0.5) is 5.95 Å². The van der Waals surface area contributed by atoms with Gasteiger partial charge >= 0.3 is 0 Å². The minimum atomic E-state index is 0.00661. The fourth-order valence-corrected chi connectivity index (χ4v) is 3.19. The van der Waals surface area contributed by atoms with Crippen LogP contribution in [0.1, 0.15) is 32.6 Å². The summed E-state index contributed by atoms with van der Waals surface area (Å²) < 4.78 is 1.89. The van der Waals surface area contributed by atoms with Gasteiger partial charge in [0.1, 0.15) is 0 Å². The highest BCUT2D eigenvalue weighted by atomic mass is 35.5. The van der Waals surface area contributed by atoms with Crippen LogP contribution in [0.15, 0.2) is 18.3 Å². The Labute approximate surface area is 140 Å². The van der Waals surface area contributed by atoms with Crippen molar-refractivity contribution in [2.24, 2.45) is 5.92 Å². The van der Waals surface area contributed by atoms with Crippen LogP contribution in [-0.2, 0) is 4.79 Å². The highest BCUT2D eigenvalue weighted by Gasteiger charge is 2.28. The number of halogens is 1. The molecule has 124 valence electrons. The van der Waals surface area contributed by atoms with Crippen molar-refractivity contribution in [3.8, 4) is 0 Å². The summed E-state index contributed by atoms with van der Waals surface area (Å²) in [6, 6.07) is 3.68. The van der Waals surface area contributed by atoms with Crippen molar-refractivity contribution < 1.29 is 4.79 Å². The molecule has 6 nitrogen and oxygen atoms in total. The number of carbonyl (C=O) groups excluding carboxylic acids is 1. The molecule has 1 N–H and O–H groups in total. The molecule has 0 radical (unpaired) electrons. The van der Waals surface area contributed by atoms with Crippen molar-refractivity contribution in [3.63, 3.8) is 0 Å². The Morgan fingerprint density at radius 3 is 3.17 bits per heavy atom. The Morgan fingerprint density at radius 1 is 1.48 bits per heavy atom. The molecule has 1 aliphatic rings. The smallest absolute Gasteiger partial charge is 0.231 e. The molecule has 1 amide bonds. The van der Waals surface area contributed by atoms with Gasteiger partial charge in [0.05, 0.1) is 10.9 Å². The van der Waals surface area contributed by atoms with Crippen molar-refractivity contribution in [2.75, 3.05) is 24.5 Å². The molecular weight excluding hydrogens is 314 g/mol. The van der Waals surface area contributed by atoms with E-state index in [2.05, 4.69) is 27.3 Å². The first kappa shape index (κ1) is 16.1. The zero-order valence-corrected chi connectivity index (χ0v) is 14.1. The number of nitrogens with one attached hydrogen (secondary N) is 1. The SMILES string of the molecule is CCCCNC(=O)[C@@H]1CCCN(c2nnc3c(Cl)cccn23)C1. The lowest BCUT2D eigenvalue weighted by Crippen LogP contribution is -2.44. The lowest BCUT2D eigenvalue weighted by atomic mass is 9.97. The lowest BCUT2D eigenvalue weighted by Gasteiger charge is -2.32. The van der Waals surface area contributed by atoms with Crippen molar-refractivity contribution in [2.45, 2.75) is 32.6 Å². The number of pyridine rings is 1. The predicted octanol–water partition coefficient (Wildman–Crippen LogP) is 2.52. The molecule has 0 saturated carbocycles. The third-order valence-electron chi connectivity index (χ3n) is 4.27. The van der Waals surface area contributed by atoms with Crippen LogP contribution < -0.4 is 10.2 Å². The second-order valence-electron chi connectivity index (χ2n) is 5.98. The summed E-state index contributed by atoms with van der Waals surface area (Å²) in [6.45, 7) is 4.43. The summed E-state index contributed by atoms with van der Waals surface area (Å²) in [6.07, 6.45) is 5.91. The van der Waals surface area contributed by atoms with Crippen molar-refractivity contribution in [1.29, 1.82) is 0 Å². The maximum atomic E-state index is 12.3. The molecule has 3 rings (SSSR count). The maximum Gasteiger partial charge on any atom is 0.231 e. The Kier molecular flexibility index (Phi) is 5.00. The Hall–Kier alpha value is -1.82. The van der Waals surface area contributed by atoms with Gasteiger partial charge in [-0.1, -0.05) is 24.9 Å². The molecule has 1 saturated heterocycles. The van der Waals surface area contributed by atoms with Crippen LogP contribution in [0.25, 0.3) is 5.65 Å². The van der Waals surface area contributed by atoms with Crippen molar-refractivity contribution >= 4 is 29.1 Å². The van der Waals surface area contributed by atoms with E-state index in [9.17, 15) is 4.79 Å². The third-order valence-corrected chi connectivity index (χ3v) is 4.57. The van der Waals surface area contributed by atoms with Crippen LogP contribution in [0.5, 0.6) is 0 Å². The molecule has 0 spiro atoms. The fraction of sp³-hybridized carbons (Fsp3) is 0.562. The predicted molar refractivity (Wildman–Crippen MR) is 90.9 cm³/mol. The Bertz CT molecular complexity index is 686. The number of amides is 1. The van der Waals surface area contributed by atoms with Crippen molar-refractivity contribution in [3.05, 3.63) is 23.4 Å². The zero-order chi connectivity index (χ0) is 16.2. The van der Waals surface area contributed by atoms with Gasteiger partial charge in [0.2, 0.25) is 11.9 Å². The van der Waals surface area contributed by atoms with E-state index >= 15 is 0 Å². The number of anilines is 1. The summed E-state index contributed by atoms with van der Waals surface area (Å²) in [5.74, 6) is 0.913. The van der Waals surface area contributed by atoms with Gasteiger partial charge in [-0.05, 0) is 31.4 Å². The highest BCUT2D eigenvalue weighted by Crippen LogP contribution is 2.24. The van der Waals surface area contributed by atoms with Gasteiger partial charge in [-0.3, -0.25) is 9.20 Å². The van der Waals surface area contributed by atoms with E-state index in [4.69, 9.17) is 11.6 Å². The molecule has 0 aliphatic carbocycles. The quantitative estimate of drug-likeness (QED) is 0.853. The first-order chi connectivity index (χ1) is 11.2. The number of aromatic nitrogens is 3. The molecule has 1 aliphatic heterocycles. The van der Waals surface area contributed by atoms with Gasteiger partial charge in [0, 0.05) is 25.8 Å². The van der Waals surface area contributed by atoms with E-state index in [1.54, 1.807) is 6.07 Å². The number of hydrogen-bond acceptors (Lipinski definition) is 4. The normalized spacial score (nSPS) is 18.3. The number of unbranched alkanes of at least 4 members (excludes halogenated alkanes) is 1. The molecule has 23 heavy (non-hydrogen) atoms. The average Bonchev–Trinajstić information content (AvgIpc) is 3.00. The van der Waals surface area contributed by atoms with Gasteiger partial charge in [-0.2, -0.15) is 0 Å². The van der Waals surface area contributed by atoms with Crippen molar-refractivity contribution in [1.82, 2.24) is 19.9 Å². The summed E-state index contributed by atoms with van der Waals surface area (Å²) in [5.41, 5.74) is 0.652. The first-order valence-corrected chi connectivity index (χ1v) is 8.60. The number of piperidine rings is 1. The average molecular weight is 336 g/mol. The number of rotatable bonds is 5. The van der Waals surface area contributed by atoms with E-state index in [-0.39, 0.29) is 11.8 Å². The molecular formula is C16H22ClN5O. The van der Waals surface area contributed by atoms with Crippen LogP contribution in [0.2, 0.25) is 5.02 Å². The summed E-state index contributed by atoms with van der Waals surface area (Å²) in [4.78, 5) is 14.4. The van der Waals surface area contributed by atoms with Gasteiger partial charge in [-0.25, -0.2) is 0 Å². The molecule has 2 aromatic rings. The minimum Gasteiger partial charge on any atom is -0.356 e. The molecule has 1 atom stereocenters. The highest BCUT2D eigenvalue weighted by molar-refractivity contribution is 6.33. The number of hydrogen-bond donors (Lipinski definition) is 1. The van der Waals surface area contributed by atoms with Crippen LogP contribution >= 0.6 is 11.6 Å². The lowest BCUT2D eigenvalue weighted by molar-refractivity contribution is -0.125. The van der Waals surface area contributed by atoms with Crippen LogP contribution in [0, 0.1) is 5.92 Å². The van der Waals surface area contributed by atoms with E-state index in [0.29, 0.717) is 17.2 Å². The van der Waals surface area contributed by atoms with Crippen LogP contribution in [0.3, 0.4) is 0 Å². The molecule has 0 bridgehead atoms. The van der Waals surface area contributed by atoms with E-state index in [1.165, 1.54) is 0 Å². The largest absolute Gasteiger partial charge is 0.356 e. The molecule has 0 aromatic carbocycles. The summed E-state index contributed by atoms with van der Waals surface area (Å²) in [7, 11) is 0. The van der Waals surface area contributed by atoms with E-state index in [1.807, 2.05) is 16.7 Å². The molecule has 1 fully saturated rings. The third kappa shape index (κ3) is 3.42. The fourth-order valence-electron chi connectivity index (χ4n) is 2.99. The second kappa shape index (κ2) is 7.17. The van der Waals surface area contributed by atoms with Gasteiger partial charge in [0.15, 0.2) is 5.65 Å². The Morgan fingerprint density at radius 2 is 2.35 bits per heavy atom. The second-order valence-corrected chi connectivity index (χ2v) is 6.39. The minimum absolute atomic E-state index is 0.00661. The van der Waals surface area contributed by atoms with Gasteiger partial charge in [0.25, 0.3) is 0 Å². The number of fused-ring (bicyclic) bond motifs is 1. The summed E-state index contributed by atoms with van der Waals surface area (Å²) in [5, 5.41) is 12.1. The molecule has 7 heteroatoms. The maximum absolute atomic E-state index is 12.3. The molecule has 3 heterocycles. The topological polar surface area (TPSA) is 62.5 Å². The number of nitrogens with zero attached hydrogens (tertiary/aromatic N) is 4. The number of carbonyl (C=O) groups is 1.